The zero-order chi connectivity index (χ0) is 26.3. The van der Waals surface area contributed by atoms with Crippen LogP contribution in [0, 0.1) is 5.92 Å². The van der Waals surface area contributed by atoms with Crippen LogP contribution in [0.3, 0.4) is 0 Å². The third-order valence-electron chi connectivity index (χ3n) is 5.98. The van der Waals surface area contributed by atoms with Crippen molar-refractivity contribution >= 4 is 23.9 Å². The summed E-state index contributed by atoms with van der Waals surface area (Å²) in [6.07, 6.45) is -0.350. The van der Waals surface area contributed by atoms with E-state index in [-0.39, 0.29) is 25.0 Å². The van der Waals surface area contributed by atoms with Crippen molar-refractivity contribution in [1.82, 2.24) is 14.9 Å². The monoisotopic (exact) mass is 489 g/mol. The first-order valence-corrected chi connectivity index (χ1v) is 12.3. The smallest absolute Gasteiger partial charge is 0.381 e. The van der Waals surface area contributed by atoms with Crippen LogP contribution in [-0.2, 0) is 24.6 Å². The van der Waals surface area contributed by atoms with Gasteiger partial charge in [-0.2, -0.15) is 0 Å². The molecule has 0 aliphatic carbocycles. The molecule has 1 heterocycles. The van der Waals surface area contributed by atoms with Crippen LogP contribution in [0.2, 0.25) is 0 Å². The maximum Gasteiger partial charge on any atom is 0.435 e. The average molecular weight is 490 g/mol. The summed E-state index contributed by atoms with van der Waals surface area (Å²) < 4.78 is 5.59. The number of hydrogen-bond acceptors (Lipinski definition) is 6. The minimum absolute atomic E-state index is 0.0315. The number of ether oxygens (including phenoxy) is 1. The summed E-state index contributed by atoms with van der Waals surface area (Å²) in [4.78, 5) is 61.6. The molecule has 1 aromatic carbocycles. The SMILES string of the molecule is CCC1(c2ccccc2)C(=O)N(CCCOCC(C)C)C(=O)N(OC(=O)N(C(C)C)C(C)C)C1=O. The van der Waals surface area contributed by atoms with E-state index in [1.54, 1.807) is 37.3 Å². The van der Waals surface area contributed by atoms with Gasteiger partial charge in [-0.1, -0.05) is 56.2 Å². The third kappa shape index (κ3) is 6.01. The number of barbiturate groups is 1. The predicted octanol–water partition coefficient (Wildman–Crippen LogP) is 4.36. The lowest BCUT2D eigenvalue weighted by molar-refractivity contribution is -0.177. The summed E-state index contributed by atoms with van der Waals surface area (Å²) >= 11 is 0. The van der Waals surface area contributed by atoms with E-state index in [2.05, 4.69) is 0 Å². The average Bonchev–Trinajstić information content (AvgIpc) is 2.79. The molecule has 0 aromatic heterocycles. The van der Waals surface area contributed by atoms with Crippen LogP contribution in [0.15, 0.2) is 30.3 Å². The van der Waals surface area contributed by atoms with Gasteiger partial charge in [0.2, 0.25) is 0 Å². The first-order chi connectivity index (χ1) is 16.5. The minimum atomic E-state index is -1.69. The van der Waals surface area contributed by atoms with E-state index in [0.29, 0.717) is 36.2 Å². The minimum Gasteiger partial charge on any atom is -0.381 e. The van der Waals surface area contributed by atoms with E-state index in [1.807, 2.05) is 41.5 Å². The molecule has 5 amide bonds. The lowest BCUT2D eigenvalue weighted by Gasteiger charge is -2.43. The van der Waals surface area contributed by atoms with Gasteiger partial charge < -0.3 is 14.5 Å². The van der Waals surface area contributed by atoms with Crippen LogP contribution in [0.1, 0.15) is 66.9 Å². The van der Waals surface area contributed by atoms with Crippen LogP contribution in [0.5, 0.6) is 0 Å². The summed E-state index contributed by atoms with van der Waals surface area (Å²) in [5.74, 6) is -1.13. The Hall–Kier alpha value is -2.94. The molecule has 1 aliphatic heterocycles. The highest BCUT2D eigenvalue weighted by molar-refractivity contribution is 6.22. The van der Waals surface area contributed by atoms with Gasteiger partial charge in [-0.05, 0) is 52.0 Å². The zero-order valence-electron chi connectivity index (χ0n) is 21.9. The topological polar surface area (TPSA) is 96.5 Å². The quantitative estimate of drug-likeness (QED) is 0.339. The van der Waals surface area contributed by atoms with Crippen molar-refractivity contribution in [1.29, 1.82) is 0 Å². The molecule has 9 nitrogen and oxygen atoms in total. The summed E-state index contributed by atoms with van der Waals surface area (Å²) in [5, 5.41) is 0.465. The highest BCUT2D eigenvalue weighted by atomic mass is 16.7. The largest absolute Gasteiger partial charge is 0.435 e. The van der Waals surface area contributed by atoms with Crippen LogP contribution < -0.4 is 0 Å². The molecule has 2 rings (SSSR count). The molecule has 0 N–H and O–H groups in total. The predicted molar refractivity (Wildman–Crippen MR) is 131 cm³/mol. The molecule has 0 saturated carbocycles. The molecule has 194 valence electrons. The second-order valence-electron chi connectivity index (χ2n) is 9.74. The number of carbonyl (C=O) groups excluding carboxylic acids is 4. The first-order valence-electron chi connectivity index (χ1n) is 12.3. The molecule has 1 saturated heterocycles. The van der Waals surface area contributed by atoms with Gasteiger partial charge in [0.1, 0.15) is 0 Å². The molecular weight excluding hydrogens is 450 g/mol. The lowest BCUT2D eigenvalue weighted by atomic mass is 9.74. The Bertz CT molecular complexity index is 894. The van der Waals surface area contributed by atoms with Gasteiger partial charge in [-0.25, -0.2) is 9.59 Å². The fraction of sp³-hybridized carbons (Fsp3) is 0.615. The van der Waals surface area contributed by atoms with Crippen molar-refractivity contribution in [3.63, 3.8) is 0 Å². The van der Waals surface area contributed by atoms with E-state index < -0.39 is 29.4 Å². The second kappa shape index (κ2) is 12.2. The van der Waals surface area contributed by atoms with E-state index in [4.69, 9.17) is 9.57 Å². The van der Waals surface area contributed by atoms with E-state index >= 15 is 0 Å². The Morgan fingerprint density at radius 2 is 1.57 bits per heavy atom. The fourth-order valence-electron chi connectivity index (χ4n) is 4.32. The number of urea groups is 1. The highest BCUT2D eigenvalue weighted by Crippen LogP contribution is 2.37. The standard InChI is InChI=1S/C26H39N3O6/c1-8-26(21-13-10-9-11-14-21)22(30)27(15-12-16-34-17-18(2)3)24(32)29(23(26)31)35-25(33)28(19(4)5)20(6)7/h9-11,13-14,18-20H,8,12,15-17H2,1-7H3. The number of amides is 5. The number of imide groups is 2. The molecule has 1 fully saturated rings. The van der Waals surface area contributed by atoms with Gasteiger partial charge in [-0.15, -0.1) is 0 Å². The molecule has 35 heavy (non-hydrogen) atoms. The maximum absolute atomic E-state index is 13.7. The molecule has 1 aromatic rings. The normalized spacial score (nSPS) is 18.7. The number of nitrogens with zero attached hydrogens (tertiary/aromatic N) is 3. The fourth-order valence-corrected chi connectivity index (χ4v) is 4.32. The Balaban J connectivity index is 2.43. The van der Waals surface area contributed by atoms with Crippen molar-refractivity contribution in [2.75, 3.05) is 19.8 Å². The van der Waals surface area contributed by atoms with Crippen molar-refractivity contribution in [2.24, 2.45) is 5.92 Å². The van der Waals surface area contributed by atoms with Crippen molar-refractivity contribution in [2.45, 2.75) is 78.8 Å². The molecular formula is C26H39N3O6. The second-order valence-corrected chi connectivity index (χ2v) is 9.74. The number of rotatable bonds is 11. The summed E-state index contributed by atoms with van der Waals surface area (Å²) in [7, 11) is 0. The maximum atomic E-state index is 13.7. The van der Waals surface area contributed by atoms with Gasteiger partial charge in [-0.3, -0.25) is 14.5 Å². The van der Waals surface area contributed by atoms with Crippen LogP contribution in [0.4, 0.5) is 9.59 Å². The van der Waals surface area contributed by atoms with Crippen LogP contribution >= 0.6 is 0 Å². The number of hydrogen-bond donors (Lipinski definition) is 0. The number of hydroxylamine groups is 2. The number of carbonyl (C=O) groups is 4. The molecule has 1 aliphatic rings. The molecule has 9 heteroatoms. The van der Waals surface area contributed by atoms with Gasteiger partial charge in [0, 0.05) is 31.8 Å². The van der Waals surface area contributed by atoms with Crippen molar-refractivity contribution in [3.05, 3.63) is 35.9 Å². The third-order valence-corrected chi connectivity index (χ3v) is 5.98. The van der Waals surface area contributed by atoms with Crippen LogP contribution in [0.25, 0.3) is 0 Å². The zero-order valence-corrected chi connectivity index (χ0v) is 21.9. The highest BCUT2D eigenvalue weighted by Gasteiger charge is 2.59. The Morgan fingerprint density at radius 1 is 0.971 bits per heavy atom. The summed E-state index contributed by atoms with van der Waals surface area (Å²) in [6, 6.07) is 7.16. The van der Waals surface area contributed by atoms with Gasteiger partial charge in [0.05, 0.1) is 0 Å². The summed E-state index contributed by atoms with van der Waals surface area (Å²) in [5.41, 5.74) is -1.24. The number of benzene rings is 1. The molecule has 0 spiro atoms. The van der Waals surface area contributed by atoms with Crippen LogP contribution in [-0.4, -0.2) is 70.6 Å². The lowest BCUT2D eigenvalue weighted by Crippen LogP contribution is -2.67. The van der Waals surface area contributed by atoms with Gasteiger partial charge in [0.15, 0.2) is 5.41 Å². The first kappa shape index (κ1) is 28.3. The Kier molecular flexibility index (Phi) is 9.82. The Labute approximate surface area is 208 Å². The van der Waals surface area contributed by atoms with E-state index in [0.717, 1.165) is 4.90 Å². The molecule has 1 atom stereocenters. The van der Waals surface area contributed by atoms with Gasteiger partial charge in [0.25, 0.3) is 11.8 Å². The van der Waals surface area contributed by atoms with Gasteiger partial charge >= 0.3 is 12.1 Å². The van der Waals surface area contributed by atoms with E-state index in [1.165, 1.54) is 4.90 Å². The van der Waals surface area contributed by atoms with Crippen molar-refractivity contribution in [3.8, 4) is 0 Å². The Morgan fingerprint density at radius 3 is 2.09 bits per heavy atom. The summed E-state index contributed by atoms with van der Waals surface area (Å²) in [6.45, 7) is 14.0. The molecule has 0 radical (unpaired) electrons. The molecule has 0 bridgehead atoms. The molecule has 1 unspecified atom stereocenters. The van der Waals surface area contributed by atoms with Crippen molar-refractivity contribution < 1.29 is 28.8 Å². The van der Waals surface area contributed by atoms with E-state index in [9.17, 15) is 19.2 Å².